The molecule has 0 amide bonds. The third-order valence-corrected chi connectivity index (χ3v) is 5.16. The molecule has 0 spiro atoms. The number of carbonyl (C=O) groups is 1. The van der Waals surface area contributed by atoms with E-state index in [9.17, 15) is 4.79 Å². The Morgan fingerprint density at radius 3 is 2.14 bits per heavy atom. The predicted octanol–water partition coefficient (Wildman–Crippen LogP) is 6.62. The molecule has 3 rings (SSSR count). The van der Waals surface area contributed by atoms with Gasteiger partial charge in [0.25, 0.3) is 0 Å². The Balaban J connectivity index is 1.71. The van der Waals surface area contributed by atoms with Gasteiger partial charge in [0.05, 0.1) is 11.7 Å². The molecule has 0 saturated heterocycles. The fourth-order valence-electron chi connectivity index (χ4n) is 3.22. The van der Waals surface area contributed by atoms with E-state index in [2.05, 4.69) is 31.2 Å². The van der Waals surface area contributed by atoms with Gasteiger partial charge in [0.1, 0.15) is 5.75 Å². The number of rotatable bonds is 8. The lowest BCUT2D eigenvalue weighted by molar-refractivity contribution is 0.0733. The van der Waals surface area contributed by atoms with Crippen LogP contribution < -0.4 is 4.74 Å². The average Bonchev–Trinajstić information content (AvgIpc) is 2.78. The lowest BCUT2D eigenvalue weighted by Gasteiger charge is -2.11. The maximum absolute atomic E-state index is 12.6. The van der Waals surface area contributed by atoms with Crippen molar-refractivity contribution in [3.8, 4) is 16.9 Å². The van der Waals surface area contributed by atoms with E-state index in [1.165, 1.54) is 0 Å². The summed E-state index contributed by atoms with van der Waals surface area (Å²) in [5.74, 6) is 0.322. The van der Waals surface area contributed by atoms with Crippen molar-refractivity contribution in [3.05, 3.63) is 89.5 Å². The van der Waals surface area contributed by atoms with E-state index in [1.807, 2.05) is 55.5 Å². The summed E-state index contributed by atoms with van der Waals surface area (Å²) in [6.07, 6.45) is 3.16. The van der Waals surface area contributed by atoms with E-state index in [0.29, 0.717) is 11.3 Å². The molecule has 0 saturated carbocycles. The third kappa shape index (κ3) is 5.33. The number of unbranched alkanes of at least 4 members (excludes halogenated alkanes) is 1. The van der Waals surface area contributed by atoms with Crippen LogP contribution in [0.5, 0.6) is 5.75 Å². The first-order valence-corrected chi connectivity index (χ1v) is 10.2. The van der Waals surface area contributed by atoms with E-state index < -0.39 is 0 Å². The van der Waals surface area contributed by atoms with Crippen molar-refractivity contribution in [2.75, 3.05) is 7.11 Å². The van der Waals surface area contributed by atoms with Crippen LogP contribution in [0.2, 0.25) is 0 Å². The Morgan fingerprint density at radius 1 is 0.897 bits per heavy atom. The van der Waals surface area contributed by atoms with E-state index in [0.717, 1.165) is 41.5 Å². The van der Waals surface area contributed by atoms with Gasteiger partial charge in [0, 0.05) is 7.11 Å². The number of benzene rings is 3. The van der Waals surface area contributed by atoms with Gasteiger partial charge in [0.2, 0.25) is 0 Å². The molecule has 150 valence electrons. The molecular weight excluding hydrogens is 360 g/mol. The maximum Gasteiger partial charge on any atom is 0.343 e. The number of hydrogen-bond acceptors (Lipinski definition) is 3. The summed E-state index contributed by atoms with van der Waals surface area (Å²) in [4.78, 5) is 12.6. The quantitative estimate of drug-likeness (QED) is 0.321. The molecule has 0 aromatic heterocycles. The van der Waals surface area contributed by atoms with Gasteiger partial charge in [-0.25, -0.2) is 4.79 Å². The number of methoxy groups -OCH3 is 1. The SMILES string of the molecule is CCCCc1ccccc1OC(=O)c1ccc(-c2ccc(C(C)OC)cc2)cc1. The molecule has 0 heterocycles. The highest BCUT2D eigenvalue weighted by molar-refractivity contribution is 5.91. The first-order chi connectivity index (χ1) is 14.1. The van der Waals surface area contributed by atoms with Crippen LogP contribution in [-0.2, 0) is 11.2 Å². The average molecular weight is 389 g/mol. The van der Waals surface area contributed by atoms with Gasteiger partial charge in [-0.15, -0.1) is 0 Å². The summed E-state index contributed by atoms with van der Waals surface area (Å²) in [5, 5.41) is 0. The zero-order valence-electron chi connectivity index (χ0n) is 17.4. The van der Waals surface area contributed by atoms with Crippen LogP contribution in [-0.4, -0.2) is 13.1 Å². The molecule has 1 unspecified atom stereocenters. The second kappa shape index (κ2) is 10.0. The molecule has 0 aliphatic rings. The largest absolute Gasteiger partial charge is 0.423 e. The summed E-state index contributed by atoms with van der Waals surface area (Å²) in [7, 11) is 1.71. The zero-order valence-corrected chi connectivity index (χ0v) is 17.4. The van der Waals surface area contributed by atoms with Gasteiger partial charge < -0.3 is 9.47 Å². The first-order valence-electron chi connectivity index (χ1n) is 10.2. The Labute approximate surface area is 173 Å². The molecule has 0 N–H and O–H groups in total. The van der Waals surface area contributed by atoms with Crippen LogP contribution in [0.25, 0.3) is 11.1 Å². The summed E-state index contributed by atoms with van der Waals surface area (Å²) >= 11 is 0. The van der Waals surface area contributed by atoms with E-state index in [1.54, 1.807) is 7.11 Å². The smallest absolute Gasteiger partial charge is 0.343 e. The normalized spacial score (nSPS) is 11.8. The fraction of sp³-hybridized carbons (Fsp3) is 0.269. The molecule has 1 atom stereocenters. The number of aryl methyl sites for hydroxylation is 1. The highest BCUT2D eigenvalue weighted by Gasteiger charge is 2.12. The van der Waals surface area contributed by atoms with Crippen molar-refractivity contribution in [3.63, 3.8) is 0 Å². The van der Waals surface area contributed by atoms with E-state index in [4.69, 9.17) is 9.47 Å². The van der Waals surface area contributed by atoms with E-state index in [-0.39, 0.29) is 12.1 Å². The van der Waals surface area contributed by atoms with Crippen LogP contribution >= 0.6 is 0 Å². The van der Waals surface area contributed by atoms with Gasteiger partial charge in [-0.1, -0.05) is 67.9 Å². The van der Waals surface area contributed by atoms with Crippen molar-refractivity contribution < 1.29 is 14.3 Å². The van der Waals surface area contributed by atoms with Gasteiger partial charge in [-0.05, 0) is 60.2 Å². The number of esters is 1. The van der Waals surface area contributed by atoms with Crippen molar-refractivity contribution in [2.24, 2.45) is 0 Å². The Morgan fingerprint density at radius 2 is 1.52 bits per heavy atom. The second-order valence-corrected chi connectivity index (χ2v) is 7.18. The molecule has 3 nitrogen and oxygen atoms in total. The number of carbonyl (C=O) groups excluding carboxylic acids is 1. The molecule has 29 heavy (non-hydrogen) atoms. The van der Waals surface area contributed by atoms with Crippen LogP contribution in [0.4, 0.5) is 0 Å². The summed E-state index contributed by atoms with van der Waals surface area (Å²) in [6.45, 7) is 4.18. The van der Waals surface area contributed by atoms with Crippen molar-refractivity contribution in [1.82, 2.24) is 0 Å². The molecule has 0 fully saturated rings. The topological polar surface area (TPSA) is 35.5 Å². The lowest BCUT2D eigenvalue weighted by Crippen LogP contribution is -2.09. The molecule has 3 heteroatoms. The van der Waals surface area contributed by atoms with Crippen LogP contribution in [0.1, 0.15) is 54.3 Å². The first kappa shape index (κ1) is 20.8. The lowest BCUT2D eigenvalue weighted by atomic mass is 10.0. The van der Waals surface area contributed by atoms with Crippen molar-refractivity contribution in [2.45, 2.75) is 39.2 Å². The minimum Gasteiger partial charge on any atom is -0.423 e. The monoisotopic (exact) mass is 388 g/mol. The van der Waals surface area contributed by atoms with Gasteiger partial charge in [0.15, 0.2) is 0 Å². The van der Waals surface area contributed by atoms with Crippen molar-refractivity contribution >= 4 is 5.97 Å². The van der Waals surface area contributed by atoms with Crippen LogP contribution in [0.3, 0.4) is 0 Å². The summed E-state index contributed by atoms with van der Waals surface area (Å²) in [5.41, 5.74) is 4.91. The number of ether oxygens (including phenoxy) is 2. The molecule has 0 radical (unpaired) electrons. The minimum atomic E-state index is -0.329. The maximum atomic E-state index is 12.6. The molecule has 0 bridgehead atoms. The molecule has 3 aromatic rings. The molecule has 3 aromatic carbocycles. The number of para-hydroxylation sites is 1. The number of hydrogen-bond donors (Lipinski definition) is 0. The van der Waals surface area contributed by atoms with Gasteiger partial charge in [-0.2, -0.15) is 0 Å². The highest BCUT2D eigenvalue weighted by atomic mass is 16.5. The molecule has 0 aliphatic carbocycles. The van der Waals surface area contributed by atoms with Gasteiger partial charge in [-0.3, -0.25) is 0 Å². The molecule has 0 aliphatic heterocycles. The van der Waals surface area contributed by atoms with Gasteiger partial charge >= 0.3 is 5.97 Å². The Hall–Kier alpha value is -2.91. The minimum absolute atomic E-state index is 0.0707. The highest BCUT2D eigenvalue weighted by Crippen LogP contribution is 2.25. The fourth-order valence-corrected chi connectivity index (χ4v) is 3.22. The molecular formula is C26H28O3. The predicted molar refractivity (Wildman–Crippen MR) is 117 cm³/mol. The summed E-state index contributed by atoms with van der Waals surface area (Å²) < 4.78 is 11.0. The standard InChI is InChI=1S/C26H28O3/c1-4-5-8-23-9-6-7-10-25(23)29-26(27)24-17-15-22(16-18-24)21-13-11-20(12-14-21)19(2)28-3/h6-7,9-19H,4-5,8H2,1-3H3. The Kier molecular flexibility index (Phi) is 7.20. The zero-order chi connectivity index (χ0) is 20.6. The summed E-state index contributed by atoms with van der Waals surface area (Å²) in [6, 6.07) is 23.6. The second-order valence-electron chi connectivity index (χ2n) is 7.18. The van der Waals surface area contributed by atoms with Crippen LogP contribution in [0.15, 0.2) is 72.8 Å². The van der Waals surface area contributed by atoms with Crippen molar-refractivity contribution in [1.29, 1.82) is 0 Å². The van der Waals surface area contributed by atoms with E-state index >= 15 is 0 Å². The van der Waals surface area contributed by atoms with Crippen LogP contribution in [0, 0.1) is 0 Å². The third-order valence-electron chi connectivity index (χ3n) is 5.16. The Bertz CT molecular complexity index is 927.